The van der Waals surface area contributed by atoms with Gasteiger partial charge in [0.25, 0.3) is 0 Å². The van der Waals surface area contributed by atoms with Crippen LogP contribution >= 0.6 is 0 Å². The standard InChI is InChI=1S/C14H20N2O2S/c1-4-8-16(9-5-2)19(17,18)14-7-6-13(11-15)12(3)10-14/h6-7,10H,4-5,8-9H2,1-3H3. The van der Waals surface area contributed by atoms with E-state index < -0.39 is 10.0 Å². The van der Waals surface area contributed by atoms with Crippen LogP contribution in [0.2, 0.25) is 0 Å². The summed E-state index contributed by atoms with van der Waals surface area (Å²) < 4.78 is 26.5. The molecule has 104 valence electrons. The molecule has 0 unspecified atom stereocenters. The van der Waals surface area contributed by atoms with Crippen LogP contribution < -0.4 is 0 Å². The van der Waals surface area contributed by atoms with Gasteiger partial charge in [-0.2, -0.15) is 9.57 Å². The molecule has 5 heteroatoms. The molecule has 0 bridgehead atoms. The van der Waals surface area contributed by atoms with E-state index in [4.69, 9.17) is 5.26 Å². The van der Waals surface area contributed by atoms with Gasteiger partial charge in [0.15, 0.2) is 0 Å². The topological polar surface area (TPSA) is 61.2 Å². The van der Waals surface area contributed by atoms with E-state index in [-0.39, 0.29) is 4.90 Å². The minimum Gasteiger partial charge on any atom is -0.207 e. The molecule has 0 aliphatic carbocycles. The maximum Gasteiger partial charge on any atom is 0.243 e. The van der Waals surface area contributed by atoms with Crippen LogP contribution in [0.15, 0.2) is 23.1 Å². The Bertz CT molecular complexity index is 568. The van der Waals surface area contributed by atoms with Gasteiger partial charge in [-0.3, -0.25) is 0 Å². The highest BCUT2D eigenvalue weighted by atomic mass is 32.2. The van der Waals surface area contributed by atoms with Crippen LogP contribution in [0.25, 0.3) is 0 Å². The highest BCUT2D eigenvalue weighted by Gasteiger charge is 2.23. The van der Waals surface area contributed by atoms with Crippen molar-refractivity contribution in [1.29, 1.82) is 5.26 Å². The first-order chi connectivity index (χ1) is 8.97. The van der Waals surface area contributed by atoms with Crippen LogP contribution in [0.3, 0.4) is 0 Å². The van der Waals surface area contributed by atoms with Gasteiger partial charge in [-0.25, -0.2) is 8.42 Å². The van der Waals surface area contributed by atoms with E-state index in [0.29, 0.717) is 24.2 Å². The van der Waals surface area contributed by atoms with E-state index in [9.17, 15) is 8.42 Å². The molecule has 19 heavy (non-hydrogen) atoms. The lowest BCUT2D eigenvalue weighted by Gasteiger charge is -2.21. The second kappa shape index (κ2) is 6.69. The summed E-state index contributed by atoms with van der Waals surface area (Å²) in [6.45, 7) is 6.72. The van der Waals surface area contributed by atoms with Crippen LogP contribution in [0.4, 0.5) is 0 Å². The van der Waals surface area contributed by atoms with Crippen molar-refractivity contribution in [3.05, 3.63) is 29.3 Å². The van der Waals surface area contributed by atoms with E-state index in [1.807, 2.05) is 19.9 Å². The third-order valence-corrected chi connectivity index (χ3v) is 4.80. The number of rotatable bonds is 6. The Hall–Kier alpha value is -1.38. The summed E-state index contributed by atoms with van der Waals surface area (Å²) in [4.78, 5) is 0.269. The van der Waals surface area contributed by atoms with Gasteiger partial charge in [-0.15, -0.1) is 0 Å². The SMILES string of the molecule is CCCN(CCC)S(=O)(=O)c1ccc(C#N)c(C)c1. The first-order valence-electron chi connectivity index (χ1n) is 6.48. The molecule has 0 aromatic heterocycles. The lowest BCUT2D eigenvalue weighted by atomic mass is 10.1. The molecule has 0 heterocycles. The summed E-state index contributed by atoms with van der Waals surface area (Å²) in [7, 11) is -3.45. The summed E-state index contributed by atoms with van der Waals surface area (Å²) in [5, 5.41) is 8.88. The van der Waals surface area contributed by atoms with Crippen LogP contribution in [0.1, 0.15) is 37.8 Å². The molecular weight excluding hydrogens is 260 g/mol. The number of hydrogen-bond acceptors (Lipinski definition) is 3. The number of nitrogens with zero attached hydrogens (tertiary/aromatic N) is 2. The summed E-state index contributed by atoms with van der Waals surface area (Å²) in [5.41, 5.74) is 1.20. The van der Waals surface area contributed by atoms with Crippen molar-refractivity contribution in [2.24, 2.45) is 0 Å². The van der Waals surface area contributed by atoms with Crippen molar-refractivity contribution in [3.63, 3.8) is 0 Å². The minimum atomic E-state index is -3.45. The number of benzene rings is 1. The molecule has 0 radical (unpaired) electrons. The predicted molar refractivity (Wildman–Crippen MR) is 75.2 cm³/mol. The summed E-state index contributed by atoms with van der Waals surface area (Å²) in [6.07, 6.45) is 1.57. The third-order valence-electron chi connectivity index (χ3n) is 2.90. The largest absolute Gasteiger partial charge is 0.243 e. The fraction of sp³-hybridized carbons (Fsp3) is 0.500. The van der Waals surface area contributed by atoms with Crippen molar-refractivity contribution in [2.45, 2.75) is 38.5 Å². The van der Waals surface area contributed by atoms with Gasteiger partial charge in [0.2, 0.25) is 10.0 Å². The molecule has 0 aliphatic heterocycles. The Morgan fingerprint density at radius 1 is 1.21 bits per heavy atom. The number of aryl methyl sites for hydroxylation is 1. The predicted octanol–water partition coefficient (Wildman–Crippen LogP) is 2.68. The Balaban J connectivity index is 3.18. The van der Waals surface area contributed by atoms with Crippen LogP contribution in [0, 0.1) is 18.3 Å². The molecule has 1 rings (SSSR count). The molecule has 0 saturated heterocycles. The molecule has 0 atom stereocenters. The van der Waals surface area contributed by atoms with Crippen LogP contribution in [-0.2, 0) is 10.0 Å². The fourth-order valence-electron chi connectivity index (χ4n) is 1.92. The first-order valence-corrected chi connectivity index (χ1v) is 7.92. The van der Waals surface area contributed by atoms with Crippen molar-refractivity contribution in [3.8, 4) is 6.07 Å². The van der Waals surface area contributed by atoms with E-state index in [0.717, 1.165) is 12.8 Å². The van der Waals surface area contributed by atoms with E-state index in [1.54, 1.807) is 19.1 Å². The Labute approximate surface area is 115 Å². The lowest BCUT2D eigenvalue weighted by Crippen LogP contribution is -2.32. The quantitative estimate of drug-likeness (QED) is 0.805. The summed E-state index contributed by atoms with van der Waals surface area (Å²) in [6, 6.07) is 6.70. The molecule has 0 N–H and O–H groups in total. The zero-order chi connectivity index (χ0) is 14.5. The maximum atomic E-state index is 12.5. The van der Waals surface area contributed by atoms with Gasteiger partial charge in [0.05, 0.1) is 16.5 Å². The lowest BCUT2D eigenvalue weighted by molar-refractivity contribution is 0.410. The van der Waals surface area contributed by atoms with Crippen LogP contribution in [0.5, 0.6) is 0 Å². The smallest absolute Gasteiger partial charge is 0.207 e. The van der Waals surface area contributed by atoms with Crippen molar-refractivity contribution in [2.75, 3.05) is 13.1 Å². The molecule has 1 aromatic carbocycles. The highest BCUT2D eigenvalue weighted by Crippen LogP contribution is 2.19. The van der Waals surface area contributed by atoms with Crippen molar-refractivity contribution < 1.29 is 8.42 Å². The Morgan fingerprint density at radius 2 is 1.79 bits per heavy atom. The second-order valence-electron chi connectivity index (χ2n) is 4.49. The van der Waals surface area contributed by atoms with E-state index in [1.165, 1.54) is 10.4 Å². The minimum absolute atomic E-state index is 0.269. The average Bonchev–Trinajstić information content (AvgIpc) is 2.38. The van der Waals surface area contributed by atoms with Crippen LogP contribution in [-0.4, -0.2) is 25.8 Å². The van der Waals surface area contributed by atoms with Gasteiger partial charge < -0.3 is 0 Å². The maximum absolute atomic E-state index is 12.5. The molecule has 0 saturated carbocycles. The average molecular weight is 280 g/mol. The fourth-order valence-corrected chi connectivity index (χ4v) is 3.63. The Kier molecular flexibility index (Phi) is 5.52. The molecular formula is C14H20N2O2S. The van der Waals surface area contributed by atoms with Gasteiger partial charge in [0, 0.05) is 13.1 Å². The zero-order valence-corrected chi connectivity index (χ0v) is 12.5. The number of nitriles is 1. The van der Waals surface area contributed by atoms with E-state index >= 15 is 0 Å². The van der Waals surface area contributed by atoms with E-state index in [2.05, 4.69) is 0 Å². The molecule has 0 amide bonds. The number of hydrogen-bond donors (Lipinski definition) is 0. The second-order valence-corrected chi connectivity index (χ2v) is 6.43. The Morgan fingerprint density at radius 3 is 2.21 bits per heavy atom. The molecule has 1 aromatic rings. The summed E-state index contributed by atoms with van der Waals surface area (Å²) >= 11 is 0. The van der Waals surface area contributed by atoms with Crippen molar-refractivity contribution in [1.82, 2.24) is 4.31 Å². The molecule has 0 aliphatic rings. The normalized spacial score (nSPS) is 11.5. The number of sulfonamides is 1. The molecule has 0 fully saturated rings. The van der Waals surface area contributed by atoms with Crippen molar-refractivity contribution >= 4 is 10.0 Å². The van der Waals surface area contributed by atoms with Gasteiger partial charge in [0.1, 0.15) is 0 Å². The molecule has 4 nitrogen and oxygen atoms in total. The third kappa shape index (κ3) is 3.55. The first kappa shape index (κ1) is 15.7. The van der Waals surface area contributed by atoms with Gasteiger partial charge in [-0.1, -0.05) is 13.8 Å². The van der Waals surface area contributed by atoms with Gasteiger partial charge >= 0.3 is 0 Å². The van der Waals surface area contributed by atoms with Gasteiger partial charge in [-0.05, 0) is 43.5 Å². The monoisotopic (exact) mass is 280 g/mol. The molecule has 0 spiro atoms. The zero-order valence-electron chi connectivity index (χ0n) is 11.7. The highest BCUT2D eigenvalue weighted by molar-refractivity contribution is 7.89. The summed E-state index contributed by atoms with van der Waals surface area (Å²) in [5.74, 6) is 0.